The molecule has 0 unspecified atom stereocenters. The predicted molar refractivity (Wildman–Crippen MR) is 74.0 cm³/mol. The summed E-state index contributed by atoms with van der Waals surface area (Å²) in [4.78, 5) is 12.9. The molecule has 0 amide bonds. The lowest BCUT2D eigenvalue weighted by Gasteiger charge is -2.09. The molecule has 1 aromatic heterocycles. The van der Waals surface area contributed by atoms with Crippen LogP contribution < -0.4 is 10.3 Å². The van der Waals surface area contributed by atoms with Crippen LogP contribution in [0.5, 0.6) is 0 Å². The lowest BCUT2D eigenvalue weighted by atomic mass is 10.2. The van der Waals surface area contributed by atoms with Crippen molar-refractivity contribution in [1.82, 2.24) is 4.98 Å². The Kier molecular flexibility index (Phi) is 3.97. The third-order valence-electron chi connectivity index (χ3n) is 2.48. The van der Waals surface area contributed by atoms with Crippen molar-refractivity contribution in [1.29, 1.82) is 5.26 Å². The van der Waals surface area contributed by atoms with E-state index in [1.54, 1.807) is 6.07 Å². The Labute approximate surface area is 123 Å². The van der Waals surface area contributed by atoms with Crippen LogP contribution in [0.25, 0.3) is 0 Å². The molecule has 0 saturated heterocycles. The molecule has 2 aromatic rings. The summed E-state index contributed by atoms with van der Waals surface area (Å²) in [6.45, 7) is 0. The van der Waals surface area contributed by atoms with Gasteiger partial charge in [0.2, 0.25) is 0 Å². The van der Waals surface area contributed by atoms with Gasteiger partial charge < -0.3 is 4.98 Å². The fraction of sp³-hybridized carbons (Fsp3) is 0. The fourth-order valence-electron chi connectivity index (χ4n) is 1.46. The standard InChI is InChI=1S/C12H7ClFN3O3S/c13-9-4-8(6-16-12(9)18)21(19,20)17-11-2-1-7(5-15)3-10(11)14/h1-4,6,17H,(H,16,18). The zero-order valence-corrected chi connectivity index (χ0v) is 11.8. The van der Waals surface area contributed by atoms with Gasteiger partial charge in [0.05, 0.1) is 17.3 Å². The Bertz CT molecular complexity index is 903. The summed E-state index contributed by atoms with van der Waals surface area (Å²) in [5, 5.41) is 8.31. The lowest BCUT2D eigenvalue weighted by Crippen LogP contribution is -2.16. The van der Waals surface area contributed by atoms with Crippen LogP contribution in [0.3, 0.4) is 0 Å². The number of rotatable bonds is 3. The zero-order chi connectivity index (χ0) is 15.6. The van der Waals surface area contributed by atoms with Crippen LogP contribution in [0.15, 0.2) is 40.2 Å². The van der Waals surface area contributed by atoms with E-state index in [-0.39, 0.29) is 21.2 Å². The molecular formula is C12H7ClFN3O3S. The Morgan fingerprint density at radius 1 is 1.33 bits per heavy atom. The molecule has 1 aromatic carbocycles. The van der Waals surface area contributed by atoms with Gasteiger partial charge in [-0.1, -0.05) is 11.6 Å². The highest BCUT2D eigenvalue weighted by Crippen LogP contribution is 2.20. The van der Waals surface area contributed by atoms with E-state index < -0.39 is 21.4 Å². The summed E-state index contributed by atoms with van der Waals surface area (Å²) in [5.74, 6) is -0.895. The van der Waals surface area contributed by atoms with E-state index in [2.05, 4.69) is 4.98 Å². The minimum Gasteiger partial charge on any atom is -0.326 e. The topological polar surface area (TPSA) is 103 Å². The van der Waals surface area contributed by atoms with E-state index in [1.807, 2.05) is 4.72 Å². The molecule has 0 spiro atoms. The van der Waals surface area contributed by atoms with Crippen LogP contribution in [0, 0.1) is 17.1 Å². The van der Waals surface area contributed by atoms with Gasteiger partial charge in [-0.05, 0) is 24.3 Å². The summed E-state index contributed by atoms with van der Waals surface area (Å²) < 4.78 is 39.8. The minimum absolute atomic E-state index is 0.0579. The molecule has 0 radical (unpaired) electrons. The predicted octanol–water partition coefficient (Wildman–Crippen LogP) is 1.84. The molecule has 0 aliphatic rings. The van der Waals surface area contributed by atoms with Crippen molar-refractivity contribution in [2.75, 3.05) is 4.72 Å². The molecule has 0 bridgehead atoms. The molecule has 0 aliphatic carbocycles. The van der Waals surface area contributed by atoms with Crippen molar-refractivity contribution in [3.05, 3.63) is 57.2 Å². The number of hydrogen-bond donors (Lipinski definition) is 2. The van der Waals surface area contributed by atoms with E-state index in [0.29, 0.717) is 0 Å². The zero-order valence-electron chi connectivity index (χ0n) is 10.2. The maximum Gasteiger partial charge on any atom is 0.266 e. The van der Waals surface area contributed by atoms with Crippen LogP contribution in [-0.4, -0.2) is 13.4 Å². The highest BCUT2D eigenvalue weighted by atomic mass is 35.5. The van der Waals surface area contributed by atoms with Gasteiger partial charge in [0.1, 0.15) is 15.7 Å². The Balaban J connectivity index is 2.40. The quantitative estimate of drug-likeness (QED) is 0.897. The number of nitriles is 1. The Morgan fingerprint density at radius 3 is 2.62 bits per heavy atom. The van der Waals surface area contributed by atoms with Crippen molar-refractivity contribution in [2.24, 2.45) is 0 Å². The maximum atomic E-state index is 13.7. The van der Waals surface area contributed by atoms with Gasteiger partial charge in [0.15, 0.2) is 0 Å². The van der Waals surface area contributed by atoms with Gasteiger partial charge in [-0.2, -0.15) is 5.26 Å². The highest BCUT2D eigenvalue weighted by molar-refractivity contribution is 7.92. The SMILES string of the molecule is N#Cc1ccc(NS(=O)(=O)c2c[nH]c(=O)c(Cl)c2)c(F)c1. The number of benzene rings is 1. The normalized spacial score (nSPS) is 10.9. The number of anilines is 1. The van der Waals surface area contributed by atoms with Gasteiger partial charge in [0.25, 0.3) is 15.6 Å². The largest absolute Gasteiger partial charge is 0.326 e. The van der Waals surface area contributed by atoms with Gasteiger partial charge in [-0.3, -0.25) is 9.52 Å². The van der Waals surface area contributed by atoms with E-state index >= 15 is 0 Å². The molecule has 0 saturated carbocycles. The van der Waals surface area contributed by atoms with Crippen molar-refractivity contribution in [3.8, 4) is 6.07 Å². The van der Waals surface area contributed by atoms with Gasteiger partial charge in [-0.15, -0.1) is 0 Å². The van der Waals surface area contributed by atoms with Crippen LogP contribution in [0.4, 0.5) is 10.1 Å². The molecule has 108 valence electrons. The number of aromatic amines is 1. The Hall–Kier alpha value is -2.37. The molecule has 6 nitrogen and oxygen atoms in total. The number of pyridine rings is 1. The molecule has 0 atom stereocenters. The second kappa shape index (κ2) is 5.55. The first-order valence-electron chi connectivity index (χ1n) is 5.44. The molecular weight excluding hydrogens is 321 g/mol. The number of H-pyrrole nitrogens is 1. The monoisotopic (exact) mass is 327 g/mol. The summed E-state index contributed by atoms with van der Waals surface area (Å²) in [5.41, 5.74) is -0.904. The van der Waals surface area contributed by atoms with E-state index in [4.69, 9.17) is 16.9 Å². The van der Waals surface area contributed by atoms with Crippen molar-refractivity contribution >= 4 is 27.3 Å². The van der Waals surface area contributed by atoms with E-state index in [0.717, 1.165) is 24.4 Å². The first-order valence-corrected chi connectivity index (χ1v) is 7.30. The van der Waals surface area contributed by atoms with Gasteiger partial charge in [-0.25, -0.2) is 12.8 Å². The molecule has 1 heterocycles. The highest BCUT2D eigenvalue weighted by Gasteiger charge is 2.18. The lowest BCUT2D eigenvalue weighted by molar-refractivity contribution is 0.598. The summed E-state index contributed by atoms with van der Waals surface area (Å²) in [6, 6.07) is 5.97. The Morgan fingerprint density at radius 2 is 2.05 bits per heavy atom. The van der Waals surface area contributed by atoms with Crippen molar-refractivity contribution in [2.45, 2.75) is 4.90 Å². The number of aromatic nitrogens is 1. The van der Waals surface area contributed by atoms with Crippen LogP contribution in [0.2, 0.25) is 5.02 Å². The number of nitrogens with one attached hydrogen (secondary N) is 2. The minimum atomic E-state index is -4.12. The number of hydrogen-bond acceptors (Lipinski definition) is 4. The van der Waals surface area contributed by atoms with Crippen LogP contribution in [-0.2, 0) is 10.0 Å². The maximum absolute atomic E-state index is 13.7. The first kappa shape index (κ1) is 15.0. The first-order chi connectivity index (χ1) is 9.83. The van der Waals surface area contributed by atoms with E-state index in [9.17, 15) is 17.6 Å². The molecule has 2 rings (SSSR count). The van der Waals surface area contributed by atoms with Crippen molar-refractivity contribution in [3.63, 3.8) is 0 Å². The molecule has 2 N–H and O–H groups in total. The second-order valence-corrected chi connectivity index (χ2v) is 6.01. The van der Waals surface area contributed by atoms with Crippen LogP contribution >= 0.6 is 11.6 Å². The molecule has 9 heteroatoms. The third-order valence-corrected chi connectivity index (χ3v) is 4.11. The number of halogens is 2. The smallest absolute Gasteiger partial charge is 0.266 e. The molecule has 0 fully saturated rings. The second-order valence-electron chi connectivity index (χ2n) is 3.92. The number of sulfonamides is 1. The summed E-state index contributed by atoms with van der Waals surface area (Å²) in [6.07, 6.45) is 0.943. The fourth-order valence-corrected chi connectivity index (χ4v) is 2.76. The van der Waals surface area contributed by atoms with E-state index in [1.165, 1.54) is 6.07 Å². The van der Waals surface area contributed by atoms with Crippen molar-refractivity contribution < 1.29 is 12.8 Å². The summed E-state index contributed by atoms with van der Waals surface area (Å²) in [7, 11) is -4.12. The number of nitrogens with zero attached hydrogens (tertiary/aromatic N) is 1. The average molecular weight is 328 g/mol. The summed E-state index contributed by atoms with van der Waals surface area (Å²) >= 11 is 5.55. The molecule has 21 heavy (non-hydrogen) atoms. The third kappa shape index (κ3) is 3.21. The molecule has 0 aliphatic heterocycles. The average Bonchev–Trinajstić information content (AvgIpc) is 2.43. The van der Waals surface area contributed by atoms with Gasteiger partial charge >= 0.3 is 0 Å². The van der Waals surface area contributed by atoms with Crippen LogP contribution in [0.1, 0.15) is 5.56 Å². The van der Waals surface area contributed by atoms with Gasteiger partial charge in [0, 0.05) is 6.20 Å².